The Morgan fingerprint density at radius 3 is 1.83 bits per heavy atom. The van der Waals surface area contributed by atoms with Crippen LogP contribution in [0.25, 0.3) is 0 Å². The Balaban J connectivity index is 1.62. The first-order valence-electron chi connectivity index (χ1n) is 11.2. The number of benzene rings is 2. The highest BCUT2D eigenvalue weighted by Gasteiger charge is 2.55. The van der Waals surface area contributed by atoms with Crippen molar-refractivity contribution in [2.45, 2.75) is 64.2 Å². The molecule has 30 heavy (non-hydrogen) atoms. The standard InChI is InChI=1S/C26H32N2O2/c27-23(29)8-3-1-2-4-13-25(15-21-6-5-7-22(14-21)16-25)26(24(28)30)17-19-9-10-20(18-26)12-11-19/h5-7,9-12,14H,1-4,8,13,15-18H2,(H2,27,29)(H2,28,30). The quantitative estimate of drug-likeness (QED) is 0.622. The van der Waals surface area contributed by atoms with E-state index in [0.29, 0.717) is 19.3 Å². The minimum atomic E-state index is -0.582. The largest absolute Gasteiger partial charge is 0.370 e. The fourth-order valence-corrected chi connectivity index (χ4v) is 5.91. The molecule has 2 aromatic rings. The molecule has 0 fully saturated rings. The normalized spacial score (nSPS) is 18.0. The Bertz CT molecular complexity index is 886. The van der Waals surface area contributed by atoms with Gasteiger partial charge in [0.25, 0.3) is 0 Å². The van der Waals surface area contributed by atoms with Crippen molar-refractivity contribution in [3.05, 3.63) is 70.8 Å². The molecule has 0 heterocycles. The van der Waals surface area contributed by atoms with Gasteiger partial charge in [-0.2, -0.15) is 0 Å². The van der Waals surface area contributed by atoms with E-state index in [1.54, 1.807) is 0 Å². The summed E-state index contributed by atoms with van der Waals surface area (Å²) in [6.45, 7) is 0. The minimum absolute atomic E-state index is 0.163. The van der Waals surface area contributed by atoms with Gasteiger partial charge in [-0.3, -0.25) is 9.59 Å². The molecule has 4 nitrogen and oxygen atoms in total. The van der Waals surface area contributed by atoms with Crippen LogP contribution >= 0.6 is 0 Å². The number of hydrogen-bond donors (Lipinski definition) is 2. The molecule has 0 saturated heterocycles. The van der Waals surface area contributed by atoms with Gasteiger partial charge in [0.1, 0.15) is 0 Å². The highest BCUT2D eigenvalue weighted by Crippen LogP contribution is 2.54. The third-order valence-corrected chi connectivity index (χ3v) is 7.43. The first kappa shape index (κ1) is 20.6. The number of carbonyl (C=O) groups is 2. The van der Waals surface area contributed by atoms with Crippen molar-refractivity contribution < 1.29 is 9.59 Å². The second-order valence-corrected chi connectivity index (χ2v) is 9.45. The number of unbranched alkanes of at least 4 members (excludes halogenated alkanes) is 3. The molecule has 2 aromatic carbocycles. The van der Waals surface area contributed by atoms with Gasteiger partial charge in [0, 0.05) is 6.42 Å². The zero-order chi connectivity index (χ0) is 21.2. The van der Waals surface area contributed by atoms with Gasteiger partial charge in [0.05, 0.1) is 5.41 Å². The summed E-state index contributed by atoms with van der Waals surface area (Å²) < 4.78 is 0. The lowest BCUT2D eigenvalue weighted by molar-refractivity contribution is -0.138. The lowest BCUT2D eigenvalue weighted by Gasteiger charge is -2.51. The monoisotopic (exact) mass is 404 g/mol. The number of fused-ring (bicyclic) bond motifs is 6. The van der Waals surface area contributed by atoms with Crippen molar-refractivity contribution >= 4 is 11.8 Å². The topological polar surface area (TPSA) is 86.2 Å². The van der Waals surface area contributed by atoms with Gasteiger partial charge in [0.15, 0.2) is 0 Å². The zero-order valence-corrected chi connectivity index (χ0v) is 17.7. The Hall–Kier alpha value is -2.62. The summed E-state index contributed by atoms with van der Waals surface area (Å²) in [6.07, 6.45) is 8.54. The number of hydrogen-bond acceptors (Lipinski definition) is 2. The maximum Gasteiger partial charge on any atom is 0.224 e. The van der Waals surface area contributed by atoms with Gasteiger partial charge in [-0.25, -0.2) is 0 Å². The Labute approximate surface area is 179 Å². The molecule has 2 amide bonds. The zero-order valence-electron chi connectivity index (χ0n) is 17.7. The van der Waals surface area contributed by atoms with E-state index in [1.165, 1.54) is 22.3 Å². The third kappa shape index (κ3) is 3.88. The lowest BCUT2D eigenvalue weighted by atomic mass is 9.51. The first-order chi connectivity index (χ1) is 14.4. The Morgan fingerprint density at radius 2 is 1.30 bits per heavy atom. The third-order valence-electron chi connectivity index (χ3n) is 7.43. The smallest absolute Gasteiger partial charge is 0.224 e. The van der Waals surface area contributed by atoms with Crippen LogP contribution < -0.4 is 11.5 Å². The molecule has 0 radical (unpaired) electrons. The van der Waals surface area contributed by atoms with Crippen LogP contribution in [0, 0.1) is 10.8 Å². The fraction of sp³-hybridized carbons (Fsp3) is 0.462. The average molecular weight is 405 g/mol. The summed E-state index contributed by atoms with van der Waals surface area (Å²) in [7, 11) is 0. The summed E-state index contributed by atoms with van der Waals surface area (Å²) >= 11 is 0. The van der Waals surface area contributed by atoms with E-state index in [-0.39, 0.29) is 17.2 Å². The minimum Gasteiger partial charge on any atom is -0.370 e. The molecular formula is C26H32N2O2. The summed E-state index contributed by atoms with van der Waals surface area (Å²) in [5, 5.41) is 0. The highest BCUT2D eigenvalue weighted by atomic mass is 16.1. The van der Waals surface area contributed by atoms with Crippen molar-refractivity contribution in [3.8, 4) is 0 Å². The van der Waals surface area contributed by atoms with E-state index >= 15 is 0 Å². The van der Waals surface area contributed by atoms with Crippen LogP contribution in [0.2, 0.25) is 0 Å². The molecule has 0 spiro atoms. The van der Waals surface area contributed by atoms with Crippen molar-refractivity contribution in [2.75, 3.05) is 0 Å². The van der Waals surface area contributed by atoms with Crippen LogP contribution in [0.3, 0.4) is 0 Å². The summed E-state index contributed by atoms with van der Waals surface area (Å²) in [6, 6.07) is 17.4. The van der Waals surface area contributed by atoms with Crippen molar-refractivity contribution in [2.24, 2.45) is 22.3 Å². The van der Waals surface area contributed by atoms with E-state index in [2.05, 4.69) is 48.5 Å². The lowest BCUT2D eigenvalue weighted by Crippen LogP contribution is -2.56. The first-order valence-corrected chi connectivity index (χ1v) is 11.2. The van der Waals surface area contributed by atoms with Crippen molar-refractivity contribution in [1.29, 1.82) is 0 Å². The molecule has 158 valence electrons. The van der Waals surface area contributed by atoms with Crippen LogP contribution in [0.1, 0.15) is 60.8 Å². The second kappa shape index (κ2) is 8.25. The molecule has 4 bridgehead atoms. The molecule has 0 aliphatic heterocycles. The molecule has 3 aliphatic carbocycles. The van der Waals surface area contributed by atoms with Crippen LogP contribution in [0.15, 0.2) is 48.5 Å². The van der Waals surface area contributed by atoms with Gasteiger partial charge in [0.2, 0.25) is 11.8 Å². The van der Waals surface area contributed by atoms with Crippen molar-refractivity contribution in [3.63, 3.8) is 0 Å². The van der Waals surface area contributed by atoms with Gasteiger partial charge in [-0.15, -0.1) is 0 Å². The predicted molar refractivity (Wildman–Crippen MR) is 119 cm³/mol. The number of rotatable bonds is 9. The van der Waals surface area contributed by atoms with E-state index in [1.807, 2.05) is 0 Å². The molecule has 4 heteroatoms. The van der Waals surface area contributed by atoms with Crippen LogP contribution in [0.5, 0.6) is 0 Å². The second-order valence-electron chi connectivity index (χ2n) is 9.45. The molecular weight excluding hydrogens is 372 g/mol. The summed E-state index contributed by atoms with van der Waals surface area (Å²) in [5.74, 6) is -0.392. The number of carbonyl (C=O) groups excluding carboxylic acids is 2. The Kier molecular flexibility index (Phi) is 5.68. The fourth-order valence-electron chi connectivity index (χ4n) is 5.91. The van der Waals surface area contributed by atoms with Crippen LogP contribution in [-0.4, -0.2) is 11.8 Å². The van der Waals surface area contributed by atoms with E-state index in [4.69, 9.17) is 11.5 Å². The summed E-state index contributed by atoms with van der Waals surface area (Å²) in [5.41, 5.74) is 15.8. The Morgan fingerprint density at radius 1 is 0.733 bits per heavy atom. The van der Waals surface area contributed by atoms with Gasteiger partial charge in [-0.1, -0.05) is 67.8 Å². The summed E-state index contributed by atoms with van der Waals surface area (Å²) in [4.78, 5) is 24.2. The van der Waals surface area contributed by atoms with Gasteiger partial charge < -0.3 is 11.5 Å². The maximum atomic E-state index is 13.2. The molecule has 0 aromatic heterocycles. The van der Waals surface area contributed by atoms with Gasteiger partial charge >= 0.3 is 0 Å². The van der Waals surface area contributed by atoms with E-state index in [9.17, 15) is 9.59 Å². The van der Waals surface area contributed by atoms with Crippen LogP contribution in [0.4, 0.5) is 0 Å². The molecule has 3 aliphatic rings. The molecule has 0 unspecified atom stereocenters. The molecule has 0 atom stereocenters. The molecule has 5 rings (SSSR count). The van der Waals surface area contributed by atoms with Gasteiger partial charge in [-0.05, 0) is 66.2 Å². The maximum absolute atomic E-state index is 13.2. The highest BCUT2D eigenvalue weighted by molar-refractivity contribution is 5.83. The number of nitrogens with two attached hydrogens (primary N) is 2. The number of amides is 2. The average Bonchev–Trinajstić information content (AvgIpc) is 3.02. The number of primary amides is 2. The van der Waals surface area contributed by atoms with E-state index in [0.717, 1.165) is 44.9 Å². The van der Waals surface area contributed by atoms with Crippen LogP contribution in [-0.2, 0) is 35.3 Å². The molecule has 4 N–H and O–H groups in total. The molecule has 0 saturated carbocycles. The predicted octanol–water partition coefficient (Wildman–Crippen LogP) is 3.87. The van der Waals surface area contributed by atoms with Crippen molar-refractivity contribution in [1.82, 2.24) is 0 Å². The SMILES string of the molecule is NC(=O)CCCCCCC1(C2(C(N)=O)Cc3ccc(cc3)C2)Cc2cccc(c2)C1. The van der Waals surface area contributed by atoms with E-state index < -0.39 is 5.41 Å².